The molecule has 2 aromatic heterocycles. The highest BCUT2D eigenvalue weighted by atomic mass is 32.2. The second-order valence-corrected chi connectivity index (χ2v) is 14.4. The molecule has 1 atom stereocenters. The molecule has 0 saturated carbocycles. The number of pyridine rings is 1. The number of amides is 1. The Balaban J connectivity index is 1.39. The molecular formula is C36H35N5O3S. The second kappa shape index (κ2) is 11.6. The molecule has 1 amide bonds. The van der Waals surface area contributed by atoms with E-state index in [1.54, 1.807) is 57.7 Å². The van der Waals surface area contributed by atoms with Gasteiger partial charge in [-0.2, -0.15) is 5.26 Å². The molecule has 1 aliphatic heterocycles. The Hall–Kier alpha value is -4.78. The third-order valence-electron chi connectivity index (χ3n) is 8.74. The number of allylic oxidation sites excluding steroid dienone is 3. The number of carbonyl (C=O) groups is 1. The predicted molar refractivity (Wildman–Crippen MR) is 179 cm³/mol. The lowest BCUT2D eigenvalue weighted by Crippen LogP contribution is -2.38. The third-order valence-corrected chi connectivity index (χ3v) is 11.0. The van der Waals surface area contributed by atoms with Gasteiger partial charge >= 0.3 is 0 Å². The number of fused-ring (bicyclic) bond motifs is 1. The summed E-state index contributed by atoms with van der Waals surface area (Å²) < 4.78 is 29.0. The molecule has 0 radical (unpaired) electrons. The first-order chi connectivity index (χ1) is 21.5. The fourth-order valence-corrected chi connectivity index (χ4v) is 7.70. The van der Waals surface area contributed by atoms with E-state index in [4.69, 9.17) is 0 Å². The fourth-order valence-electron chi connectivity index (χ4n) is 6.05. The van der Waals surface area contributed by atoms with Crippen molar-refractivity contribution < 1.29 is 13.2 Å². The third kappa shape index (κ3) is 5.41. The molecule has 2 aromatic carbocycles. The molecule has 4 aromatic rings. The molecule has 0 saturated heterocycles. The summed E-state index contributed by atoms with van der Waals surface area (Å²) in [6.07, 6.45) is 12.2. The minimum atomic E-state index is -4.01. The van der Waals surface area contributed by atoms with Crippen LogP contribution >= 0.6 is 0 Å². The molecule has 45 heavy (non-hydrogen) atoms. The first-order valence-electron chi connectivity index (χ1n) is 14.9. The van der Waals surface area contributed by atoms with Gasteiger partial charge in [0, 0.05) is 56.1 Å². The van der Waals surface area contributed by atoms with Crippen LogP contribution in [0.4, 0.5) is 0 Å². The summed E-state index contributed by atoms with van der Waals surface area (Å²) in [6.45, 7) is 3.51. The maximum Gasteiger partial charge on any atom is 0.253 e. The smallest absolute Gasteiger partial charge is 0.253 e. The van der Waals surface area contributed by atoms with E-state index >= 15 is 0 Å². The van der Waals surface area contributed by atoms with Gasteiger partial charge in [0.25, 0.3) is 5.91 Å². The summed E-state index contributed by atoms with van der Waals surface area (Å²) in [4.78, 5) is 20.7. The van der Waals surface area contributed by atoms with Crippen molar-refractivity contribution in [2.45, 2.75) is 24.5 Å². The van der Waals surface area contributed by atoms with Crippen LogP contribution in [-0.2, 0) is 10.0 Å². The SMILES string of the molecule is CN1CC=C(c2ccc(C3=CC(C)(S(=O)(=O)n4cc(-c5ccc(C(=O)N(C)C)cc5)c5cccnc54)CC=C3)cc2C#N)CC1. The highest BCUT2D eigenvalue weighted by Crippen LogP contribution is 2.39. The number of nitriles is 1. The zero-order chi connectivity index (χ0) is 31.9. The Kier molecular flexibility index (Phi) is 7.81. The largest absolute Gasteiger partial charge is 0.345 e. The van der Waals surface area contributed by atoms with Gasteiger partial charge in [0.1, 0.15) is 4.75 Å². The van der Waals surface area contributed by atoms with Crippen molar-refractivity contribution in [3.05, 3.63) is 114 Å². The van der Waals surface area contributed by atoms with E-state index in [2.05, 4.69) is 29.1 Å². The Morgan fingerprint density at radius 1 is 1.07 bits per heavy atom. The first kappa shape index (κ1) is 30.3. The molecule has 9 heteroatoms. The van der Waals surface area contributed by atoms with E-state index < -0.39 is 14.8 Å². The summed E-state index contributed by atoms with van der Waals surface area (Å²) in [7, 11) is 1.47. The van der Waals surface area contributed by atoms with Gasteiger partial charge in [0.2, 0.25) is 10.0 Å². The van der Waals surface area contributed by atoms with E-state index in [1.807, 2.05) is 48.6 Å². The molecule has 0 fully saturated rings. The van der Waals surface area contributed by atoms with Crippen molar-refractivity contribution in [3.8, 4) is 17.2 Å². The summed E-state index contributed by atoms with van der Waals surface area (Å²) in [5.41, 5.74) is 6.61. The molecule has 6 rings (SSSR count). The summed E-state index contributed by atoms with van der Waals surface area (Å²) in [5.74, 6) is -0.107. The minimum Gasteiger partial charge on any atom is -0.345 e. The van der Waals surface area contributed by atoms with E-state index in [9.17, 15) is 18.5 Å². The Morgan fingerprint density at radius 3 is 2.51 bits per heavy atom. The average Bonchev–Trinajstić information content (AvgIpc) is 3.45. The molecule has 0 bridgehead atoms. The van der Waals surface area contributed by atoms with Crippen LogP contribution in [0.5, 0.6) is 0 Å². The maximum absolute atomic E-state index is 14.5. The van der Waals surface area contributed by atoms with Gasteiger partial charge in [-0.3, -0.25) is 4.79 Å². The van der Waals surface area contributed by atoms with E-state index in [-0.39, 0.29) is 12.3 Å². The Bertz CT molecular complexity index is 2060. The van der Waals surface area contributed by atoms with E-state index in [0.29, 0.717) is 27.7 Å². The number of hydrogen-bond acceptors (Lipinski definition) is 6. The van der Waals surface area contributed by atoms with Crippen molar-refractivity contribution in [2.75, 3.05) is 34.2 Å². The van der Waals surface area contributed by atoms with Crippen LogP contribution in [0.25, 0.3) is 33.3 Å². The molecule has 0 N–H and O–H groups in total. The van der Waals surface area contributed by atoms with Crippen LogP contribution < -0.4 is 0 Å². The van der Waals surface area contributed by atoms with Crippen molar-refractivity contribution in [1.29, 1.82) is 5.26 Å². The first-order valence-corrected chi connectivity index (χ1v) is 16.3. The Labute approximate surface area is 264 Å². The zero-order valence-corrected chi connectivity index (χ0v) is 26.7. The van der Waals surface area contributed by atoms with Gasteiger partial charge in [-0.1, -0.05) is 48.6 Å². The monoisotopic (exact) mass is 617 g/mol. The number of likely N-dealkylation sites (N-methyl/N-ethyl adjacent to an activating group) is 1. The van der Waals surface area contributed by atoms with Crippen LogP contribution in [-0.4, -0.2) is 72.1 Å². The Morgan fingerprint density at radius 2 is 1.82 bits per heavy atom. The molecule has 0 spiro atoms. The molecule has 8 nitrogen and oxygen atoms in total. The number of rotatable bonds is 6. The summed E-state index contributed by atoms with van der Waals surface area (Å²) >= 11 is 0. The number of nitrogens with zero attached hydrogens (tertiary/aromatic N) is 5. The number of hydrogen-bond donors (Lipinski definition) is 0. The van der Waals surface area contributed by atoms with Gasteiger partial charge in [0.15, 0.2) is 5.65 Å². The second-order valence-electron chi connectivity index (χ2n) is 12.1. The minimum absolute atomic E-state index is 0.107. The zero-order valence-electron chi connectivity index (χ0n) is 25.9. The van der Waals surface area contributed by atoms with Crippen LogP contribution in [0.1, 0.15) is 46.8 Å². The molecular weight excluding hydrogens is 582 g/mol. The number of benzene rings is 2. The van der Waals surface area contributed by atoms with Gasteiger partial charge in [-0.05, 0) is 85.0 Å². The highest BCUT2D eigenvalue weighted by molar-refractivity contribution is 7.91. The van der Waals surface area contributed by atoms with Gasteiger partial charge in [-0.25, -0.2) is 17.4 Å². The van der Waals surface area contributed by atoms with Crippen LogP contribution in [0.3, 0.4) is 0 Å². The van der Waals surface area contributed by atoms with E-state index in [1.165, 1.54) is 14.4 Å². The van der Waals surface area contributed by atoms with Crippen molar-refractivity contribution in [3.63, 3.8) is 0 Å². The van der Waals surface area contributed by atoms with Crippen LogP contribution in [0.2, 0.25) is 0 Å². The van der Waals surface area contributed by atoms with Crippen LogP contribution in [0, 0.1) is 11.3 Å². The van der Waals surface area contributed by atoms with Crippen LogP contribution in [0.15, 0.2) is 91.3 Å². The lowest BCUT2D eigenvalue weighted by Gasteiger charge is -2.29. The predicted octanol–water partition coefficient (Wildman–Crippen LogP) is 5.98. The summed E-state index contributed by atoms with van der Waals surface area (Å²) in [5, 5.41) is 10.7. The molecule has 228 valence electrons. The van der Waals surface area contributed by atoms with Crippen molar-refractivity contribution in [2.24, 2.45) is 0 Å². The van der Waals surface area contributed by atoms with Gasteiger partial charge in [0.05, 0.1) is 11.6 Å². The lowest BCUT2D eigenvalue weighted by molar-refractivity contribution is 0.0827. The van der Waals surface area contributed by atoms with Gasteiger partial charge in [-0.15, -0.1) is 0 Å². The lowest BCUT2D eigenvalue weighted by atomic mass is 9.89. The van der Waals surface area contributed by atoms with Crippen molar-refractivity contribution in [1.82, 2.24) is 18.8 Å². The number of carbonyl (C=O) groups excluding carboxylic acids is 1. The van der Waals surface area contributed by atoms with Gasteiger partial charge < -0.3 is 9.80 Å². The van der Waals surface area contributed by atoms with E-state index in [0.717, 1.165) is 41.8 Å². The molecule has 1 aliphatic carbocycles. The van der Waals surface area contributed by atoms with Crippen molar-refractivity contribution >= 4 is 38.1 Å². The maximum atomic E-state index is 14.5. The topological polar surface area (TPSA) is 99.3 Å². The highest BCUT2D eigenvalue weighted by Gasteiger charge is 2.40. The number of aromatic nitrogens is 2. The molecule has 3 heterocycles. The normalized spacial score (nSPS) is 18.7. The summed E-state index contributed by atoms with van der Waals surface area (Å²) in [6, 6.07) is 19.0. The standard InChI is InChI=1S/C36H35N5O3S/c1-36(17-5-7-29(22-36)28-13-14-31(30(21-28)23-37)26-15-19-40(4)20-16-26)45(43,44)41-24-33(32-8-6-18-38-34(32)41)25-9-11-27(12-10-25)35(42)39(2)3/h5-15,18,21-22,24H,16-17,19-20H2,1-4H3. The fraction of sp³-hybridized carbons (Fsp3) is 0.250. The average molecular weight is 618 g/mol. The quantitative estimate of drug-likeness (QED) is 0.264. The molecule has 1 unspecified atom stereocenters. The molecule has 2 aliphatic rings.